The second-order valence-electron chi connectivity index (χ2n) is 2.49. The summed E-state index contributed by atoms with van der Waals surface area (Å²) in [4.78, 5) is 3.72. The lowest BCUT2D eigenvalue weighted by Crippen LogP contribution is -1.70. The van der Waals surface area contributed by atoms with Gasteiger partial charge in [-0.15, -0.1) is 10.2 Å². The summed E-state index contributed by atoms with van der Waals surface area (Å²) in [6, 6.07) is 8.75. The Balaban J connectivity index is 2.62. The highest BCUT2D eigenvalue weighted by Gasteiger charge is 1.89. The first-order chi connectivity index (χ1) is 7.36. The number of nitriles is 1. The van der Waals surface area contributed by atoms with E-state index in [-0.39, 0.29) is 0 Å². The van der Waals surface area contributed by atoms with Crippen LogP contribution in [-0.4, -0.2) is 12.6 Å². The van der Waals surface area contributed by atoms with Crippen LogP contribution in [0.15, 0.2) is 44.7 Å². The van der Waals surface area contributed by atoms with Crippen LogP contribution in [0.5, 0.6) is 0 Å². The lowest BCUT2D eigenvalue weighted by atomic mass is 10.2. The van der Waals surface area contributed by atoms with Gasteiger partial charge in [0.25, 0.3) is 0 Å². The quantitative estimate of drug-likeness (QED) is 0.319. The molecule has 5 heteroatoms. The molecule has 0 amide bonds. The highest BCUT2D eigenvalue weighted by atomic mass is 15.4. The SMILES string of the molecule is C\C=N/C=N\N=N\c1ccc(C#N)cc1. The Morgan fingerprint density at radius 3 is 2.60 bits per heavy atom. The van der Waals surface area contributed by atoms with Crippen LogP contribution >= 0.6 is 0 Å². The molecule has 0 saturated carbocycles. The second-order valence-corrected chi connectivity index (χ2v) is 2.49. The number of nitrogens with zero attached hydrogens (tertiary/aromatic N) is 5. The van der Waals surface area contributed by atoms with E-state index in [1.807, 2.05) is 6.07 Å². The number of hydrogen-bond acceptors (Lipinski definition) is 3. The normalized spacial score (nSPS) is 11.5. The zero-order valence-electron chi connectivity index (χ0n) is 8.20. The van der Waals surface area contributed by atoms with Crippen LogP contribution in [0.3, 0.4) is 0 Å². The number of aliphatic imine (C=N–C) groups is 1. The highest BCUT2D eigenvalue weighted by molar-refractivity contribution is 5.70. The van der Waals surface area contributed by atoms with Crippen molar-refractivity contribution in [1.82, 2.24) is 0 Å². The molecule has 0 aliphatic rings. The van der Waals surface area contributed by atoms with Gasteiger partial charge in [-0.05, 0) is 36.4 Å². The molecule has 0 unspecified atom stereocenters. The van der Waals surface area contributed by atoms with Gasteiger partial charge in [0, 0.05) is 6.21 Å². The zero-order chi connectivity index (χ0) is 10.9. The molecule has 15 heavy (non-hydrogen) atoms. The summed E-state index contributed by atoms with van der Waals surface area (Å²) in [5.74, 6) is 0. The van der Waals surface area contributed by atoms with E-state index in [9.17, 15) is 0 Å². The molecule has 5 nitrogen and oxygen atoms in total. The first-order valence-corrected chi connectivity index (χ1v) is 4.27. The predicted octanol–water partition coefficient (Wildman–Crippen LogP) is 2.68. The average molecular weight is 199 g/mol. The fourth-order valence-electron chi connectivity index (χ4n) is 0.800. The van der Waals surface area contributed by atoms with Crippen molar-refractivity contribution in [2.45, 2.75) is 6.92 Å². The van der Waals surface area contributed by atoms with Crippen LogP contribution in [0.25, 0.3) is 0 Å². The Morgan fingerprint density at radius 1 is 1.27 bits per heavy atom. The summed E-state index contributed by atoms with van der Waals surface area (Å²) in [7, 11) is 0. The van der Waals surface area contributed by atoms with Gasteiger partial charge < -0.3 is 0 Å². The van der Waals surface area contributed by atoms with Crippen molar-refractivity contribution >= 4 is 18.2 Å². The van der Waals surface area contributed by atoms with E-state index in [0.717, 1.165) is 0 Å². The van der Waals surface area contributed by atoms with Gasteiger partial charge in [0.1, 0.15) is 6.34 Å². The van der Waals surface area contributed by atoms with Crippen molar-refractivity contribution in [3.05, 3.63) is 29.8 Å². The summed E-state index contributed by atoms with van der Waals surface area (Å²) in [6.07, 6.45) is 2.90. The van der Waals surface area contributed by atoms with Crippen molar-refractivity contribution in [1.29, 1.82) is 5.26 Å². The number of hydrogen-bond donors (Lipinski definition) is 0. The van der Waals surface area contributed by atoms with E-state index in [2.05, 4.69) is 20.4 Å². The average Bonchev–Trinajstić information content (AvgIpc) is 2.30. The van der Waals surface area contributed by atoms with Gasteiger partial charge >= 0.3 is 0 Å². The molecule has 0 bridgehead atoms. The molecule has 1 aromatic carbocycles. The van der Waals surface area contributed by atoms with E-state index in [1.165, 1.54) is 6.34 Å². The Labute approximate surface area is 87.5 Å². The summed E-state index contributed by atoms with van der Waals surface area (Å²) < 4.78 is 0. The molecule has 0 fully saturated rings. The molecule has 0 spiro atoms. The molecule has 0 aliphatic carbocycles. The third kappa shape index (κ3) is 3.91. The van der Waals surface area contributed by atoms with E-state index >= 15 is 0 Å². The second kappa shape index (κ2) is 6.16. The third-order valence-corrected chi connectivity index (χ3v) is 1.48. The monoisotopic (exact) mass is 199 g/mol. The third-order valence-electron chi connectivity index (χ3n) is 1.48. The maximum Gasteiger partial charge on any atom is 0.139 e. The van der Waals surface area contributed by atoms with Gasteiger partial charge in [-0.2, -0.15) is 5.26 Å². The molecule has 1 rings (SSSR count). The van der Waals surface area contributed by atoms with Crippen LogP contribution in [0.4, 0.5) is 5.69 Å². The van der Waals surface area contributed by atoms with Crippen LogP contribution in [0, 0.1) is 11.3 Å². The minimum atomic E-state index is 0.591. The minimum absolute atomic E-state index is 0.591. The van der Waals surface area contributed by atoms with Crippen molar-refractivity contribution in [3.8, 4) is 6.07 Å². The number of benzene rings is 1. The van der Waals surface area contributed by atoms with Crippen LogP contribution in [0.1, 0.15) is 12.5 Å². The fourth-order valence-corrected chi connectivity index (χ4v) is 0.800. The maximum absolute atomic E-state index is 8.56. The summed E-state index contributed by atoms with van der Waals surface area (Å²) in [5, 5.41) is 19.5. The first-order valence-electron chi connectivity index (χ1n) is 4.27. The van der Waals surface area contributed by atoms with Gasteiger partial charge in [0.05, 0.1) is 17.3 Å². The van der Waals surface area contributed by atoms with Crippen LogP contribution in [-0.2, 0) is 0 Å². The standard InChI is InChI=1S/C10H9N5/c1-2-12-8-13-15-14-10-5-3-9(7-11)4-6-10/h2-6,8H,1H3/b12-2-,13-8-,15-14+. The molecule has 1 aromatic rings. The van der Waals surface area contributed by atoms with E-state index < -0.39 is 0 Å². The van der Waals surface area contributed by atoms with Gasteiger partial charge in [-0.1, -0.05) is 0 Å². The molecule has 0 aliphatic heterocycles. The van der Waals surface area contributed by atoms with E-state index in [0.29, 0.717) is 11.3 Å². The maximum atomic E-state index is 8.56. The van der Waals surface area contributed by atoms with Gasteiger partial charge in [-0.3, -0.25) is 0 Å². The lowest BCUT2D eigenvalue weighted by molar-refractivity contribution is 1.06. The first kappa shape index (κ1) is 10.7. The van der Waals surface area contributed by atoms with Gasteiger partial charge in [-0.25, -0.2) is 4.99 Å². The van der Waals surface area contributed by atoms with E-state index in [4.69, 9.17) is 5.26 Å². The molecule has 0 saturated heterocycles. The molecule has 0 heterocycles. The largest absolute Gasteiger partial charge is 0.247 e. The van der Waals surface area contributed by atoms with E-state index in [1.54, 1.807) is 37.4 Å². The van der Waals surface area contributed by atoms with Crippen LogP contribution in [0.2, 0.25) is 0 Å². The Morgan fingerprint density at radius 2 is 2.00 bits per heavy atom. The smallest absolute Gasteiger partial charge is 0.139 e. The molecule has 74 valence electrons. The zero-order valence-corrected chi connectivity index (χ0v) is 8.20. The Bertz CT molecular complexity index is 422. The predicted molar refractivity (Wildman–Crippen MR) is 58.3 cm³/mol. The summed E-state index contributed by atoms with van der Waals surface area (Å²) >= 11 is 0. The van der Waals surface area contributed by atoms with Crippen molar-refractivity contribution in [2.75, 3.05) is 0 Å². The summed E-state index contributed by atoms with van der Waals surface area (Å²) in [5.41, 5.74) is 1.24. The highest BCUT2D eigenvalue weighted by Crippen LogP contribution is 2.12. The van der Waals surface area contributed by atoms with Crippen molar-refractivity contribution in [3.63, 3.8) is 0 Å². The van der Waals surface area contributed by atoms with Crippen molar-refractivity contribution < 1.29 is 0 Å². The number of rotatable bonds is 3. The summed E-state index contributed by atoms with van der Waals surface area (Å²) in [6.45, 7) is 1.78. The Hall–Kier alpha value is -2.35. The molecule has 0 aromatic heterocycles. The molecule has 0 atom stereocenters. The van der Waals surface area contributed by atoms with Crippen molar-refractivity contribution in [2.24, 2.45) is 20.4 Å². The topological polar surface area (TPSA) is 73.2 Å². The Kier molecular flexibility index (Phi) is 4.40. The van der Waals surface area contributed by atoms with Gasteiger partial charge in [0.2, 0.25) is 0 Å². The lowest BCUT2D eigenvalue weighted by Gasteiger charge is -1.89. The van der Waals surface area contributed by atoms with Gasteiger partial charge in [0.15, 0.2) is 0 Å². The minimum Gasteiger partial charge on any atom is -0.247 e. The molecular formula is C10H9N5. The molecule has 0 N–H and O–H groups in total. The fraction of sp³-hybridized carbons (Fsp3) is 0.100. The molecule has 0 radical (unpaired) electrons. The van der Waals surface area contributed by atoms with Crippen LogP contribution < -0.4 is 0 Å². The molecular weight excluding hydrogens is 190 g/mol.